The molecule has 1 aromatic heterocycles. The van der Waals surface area contributed by atoms with Gasteiger partial charge in [0.2, 0.25) is 0 Å². The summed E-state index contributed by atoms with van der Waals surface area (Å²) in [5.41, 5.74) is 3.09. The number of piperazine rings is 1. The van der Waals surface area contributed by atoms with Crippen LogP contribution in [0.15, 0.2) is 48.7 Å². The lowest BCUT2D eigenvalue weighted by Crippen LogP contribution is -2.58. The molecule has 2 aliphatic rings. The third-order valence-corrected chi connectivity index (χ3v) is 5.96. The maximum Gasteiger partial charge on any atom is 0.317 e. The Hall–Kier alpha value is -2.44. The van der Waals surface area contributed by atoms with Crippen LogP contribution in [0.1, 0.15) is 25.3 Å². The van der Waals surface area contributed by atoms with Crippen molar-refractivity contribution in [1.29, 1.82) is 0 Å². The van der Waals surface area contributed by atoms with E-state index in [4.69, 9.17) is 4.74 Å². The minimum atomic E-state index is 0.0207. The molecule has 154 valence electrons. The summed E-state index contributed by atoms with van der Waals surface area (Å²) >= 11 is 0. The summed E-state index contributed by atoms with van der Waals surface area (Å²) in [6.45, 7) is 7.04. The van der Waals surface area contributed by atoms with E-state index >= 15 is 0 Å². The van der Waals surface area contributed by atoms with Crippen LogP contribution in [0.4, 0.5) is 4.79 Å². The standard InChI is InChI=1S/C23H30N4O2/c1-18-17-26(21-8-13-29-14-9-21)11-12-27(18)23(28)25-16-19-5-4-6-20(15-19)22-7-2-3-10-24-22/h2-7,10,15,18,21H,8-9,11-14,16-17H2,1H3,(H,25,28)/t18-/m0/s1. The van der Waals surface area contributed by atoms with Gasteiger partial charge >= 0.3 is 6.03 Å². The molecular formula is C23H30N4O2. The van der Waals surface area contributed by atoms with Gasteiger partial charge in [0.1, 0.15) is 0 Å². The Morgan fingerprint density at radius 1 is 1.17 bits per heavy atom. The molecule has 6 heteroatoms. The molecule has 0 spiro atoms. The third-order valence-electron chi connectivity index (χ3n) is 5.96. The molecule has 2 fully saturated rings. The van der Waals surface area contributed by atoms with Crippen LogP contribution in [-0.2, 0) is 11.3 Å². The number of ether oxygens (including phenoxy) is 1. The second kappa shape index (κ2) is 9.37. The second-order valence-corrected chi connectivity index (χ2v) is 7.95. The first-order chi connectivity index (χ1) is 14.2. The van der Waals surface area contributed by atoms with E-state index in [-0.39, 0.29) is 12.1 Å². The summed E-state index contributed by atoms with van der Waals surface area (Å²) in [4.78, 5) is 21.7. The quantitative estimate of drug-likeness (QED) is 0.866. The maximum atomic E-state index is 12.8. The average Bonchev–Trinajstić information content (AvgIpc) is 2.79. The number of pyridine rings is 1. The molecule has 3 heterocycles. The molecule has 0 saturated carbocycles. The van der Waals surface area contributed by atoms with Crippen LogP contribution in [-0.4, -0.2) is 65.7 Å². The largest absolute Gasteiger partial charge is 0.381 e. The smallest absolute Gasteiger partial charge is 0.317 e. The topological polar surface area (TPSA) is 57.7 Å². The Labute approximate surface area is 172 Å². The van der Waals surface area contributed by atoms with Gasteiger partial charge in [-0.15, -0.1) is 0 Å². The monoisotopic (exact) mass is 394 g/mol. The number of benzene rings is 1. The average molecular weight is 395 g/mol. The number of carbonyl (C=O) groups is 1. The second-order valence-electron chi connectivity index (χ2n) is 7.95. The fourth-order valence-corrected chi connectivity index (χ4v) is 4.32. The highest BCUT2D eigenvalue weighted by molar-refractivity contribution is 5.74. The number of rotatable bonds is 4. The molecule has 0 bridgehead atoms. The molecule has 0 unspecified atom stereocenters. The molecule has 6 nitrogen and oxygen atoms in total. The lowest BCUT2D eigenvalue weighted by molar-refractivity contribution is 0.00699. The number of urea groups is 1. The van der Waals surface area contributed by atoms with Crippen molar-refractivity contribution in [3.05, 3.63) is 54.2 Å². The summed E-state index contributed by atoms with van der Waals surface area (Å²) in [5.74, 6) is 0. The first-order valence-electron chi connectivity index (χ1n) is 10.6. The number of hydrogen-bond acceptors (Lipinski definition) is 4. The van der Waals surface area contributed by atoms with Gasteiger partial charge in [-0.25, -0.2) is 4.79 Å². The fraction of sp³-hybridized carbons (Fsp3) is 0.478. The molecule has 1 N–H and O–H groups in total. The number of amides is 2. The zero-order valence-corrected chi connectivity index (χ0v) is 17.1. The number of carbonyl (C=O) groups excluding carboxylic acids is 1. The van der Waals surface area contributed by atoms with Crippen molar-refractivity contribution in [1.82, 2.24) is 20.1 Å². The van der Waals surface area contributed by atoms with Gasteiger partial charge in [-0.3, -0.25) is 9.88 Å². The van der Waals surface area contributed by atoms with Crippen molar-refractivity contribution in [2.45, 2.75) is 38.4 Å². The normalized spacial score (nSPS) is 21.1. The molecule has 0 aliphatic carbocycles. The van der Waals surface area contributed by atoms with E-state index in [0.29, 0.717) is 12.6 Å². The SMILES string of the molecule is C[C@H]1CN(C2CCOCC2)CCN1C(=O)NCc1cccc(-c2ccccn2)c1. The van der Waals surface area contributed by atoms with Gasteiger partial charge in [-0.05, 0) is 43.5 Å². The maximum absolute atomic E-state index is 12.8. The lowest BCUT2D eigenvalue weighted by atomic mass is 10.0. The van der Waals surface area contributed by atoms with Crippen LogP contribution in [0.2, 0.25) is 0 Å². The summed E-state index contributed by atoms with van der Waals surface area (Å²) in [5, 5.41) is 3.10. The van der Waals surface area contributed by atoms with E-state index < -0.39 is 0 Å². The zero-order chi connectivity index (χ0) is 20.1. The highest BCUT2D eigenvalue weighted by Gasteiger charge is 2.31. The minimum Gasteiger partial charge on any atom is -0.381 e. The molecule has 2 amide bonds. The summed E-state index contributed by atoms with van der Waals surface area (Å²) < 4.78 is 5.48. The van der Waals surface area contributed by atoms with Crippen molar-refractivity contribution in [2.75, 3.05) is 32.8 Å². The van der Waals surface area contributed by atoms with Crippen molar-refractivity contribution >= 4 is 6.03 Å². The molecule has 1 aromatic carbocycles. The number of hydrogen-bond donors (Lipinski definition) is 1. The molecule has 2 saturated heterocycles. The Morgan fingerprint density at radius 2 is 2.03 bits per heavy atom. The molecule has 0 radical (unpaired) electrons. The van der Waals surface area contributed by atoms with E-state index in [2.05, 4.69) is 28.2 Å². The number of nitrogens with one attached hydrogen (secondary N) is 1. The van der Waals surface area contributed by atoms with E-state index in [0.717, 1.165) is 62.5 Å². The molecular weight excluding hydrogens is 364 g/mol. The molecule has 4 rings (SSSR count). The summed E-state index contributed by atoms with van der Waals surface area (Å²) in [6, 6.07) is 14.9. The van der Waals surface area contributed by atoms with Gasteiger partial charge in [0.15, 0.2) is 0 Å². The summed E-state index contributed by atoms with van der Waals surface area (Å²) in [6.07, 6.45) is 4.00. The van der Waals surface area contributed by atoms with Crippen LogP contribution in [0, 0.1) is 0 Å². The van der Waals surface area contributed by atoms with Crippen LogP contribution in [0.5, 0.6) is 0 Å². The third kappa shape index (κ3) is 4.95. The predicted octanol–water partition coefficient (Wildman–Crippen LogP) is 3.14. The van der Waals surface area contributed by atoms with Crippen molar-refractivity contribution in [3.63, 3.8) is 0 Å². The van der Waals surface area contributed by atoms with Crippen molar-refractivity contribution in [2.24, 2.45) is 0 Å². The number of nitrogens with zero attached hydrogens (tertiary/aromatic N) is 3. The zero-order valence-electron chi connectivity index (χ0n) is 17.1. The van der Waals surface area contributed by atoms with Gasteiger partial charge in [0, 0.05) is 63.2 Å². The Kier molecular flexibility index (Phi) is 6.42. The van der Waals surface area contributed by atoms with Gasteiger partial charge in [-0.1, -0.05) is 24.3 Å². The van der Waals surface area contributed by atoms with Gasteiger partial charge in [0.25, 0.3) is 0 Å². The fourth-order valence-electron chi connectivity index (χ4n) is 4.32. The van der Waals surface area contributed by atoms with Crippen LogP contribution in [0.25, 0.3) is 11.3 Å². The molecule has 1 atom stereocenters. The first kappa shape index (κ1) is 19.9. The first-order valence-corrected chi connectivity index (χ1v) is 10.6. The Morgan fingerprint density at radius 3 is 2.79 bits per heavy atom. The van der Waals surface area contributed by atoms with Gasteiger partial charge < -0.3 is 15.0 Å². The highest BCUT2D eigenvalue weighted by Crippen LogP contribution is 2.20. The number of aromatic nitrogens is 1. The molecule has 2 aromatic rings. The van der Waals surface area contributed by atoms with Crippen LogP contribution < -0.4 is 5.32 Å². The Bertz CT molecular complexity index is 808. The van der Waals surface area contributed by atoms with E-state index in [1.165, 1.54) is 0 Å². The van der Waals surface area contributed by atoms with Crippen molar-refractivity contribution in [3.8, 4) is 11.3 Å². The Balaban J connectivity index is 1.31. The van der Waals surface area contributed by atoms with Crippen molar-refractivity contribution < 1.29 is 9.53 Å². The predicted molar refractivity (Wildman–Crippen MR) is 113 cm³/mol. The van der Waals surface area contributed by atoms with Gasteiger partial charge in [-0.2, -0.15) is 0 Å². The van der Waals surface area contributed by atoms with Gasteiger partial charge in [0.05, 0.1) is 5.69 Å². The van der Waals surface area contributed by atoms with E-state index in [9.17, 15) is 4.79 Å². The van der Waals surface area contributed by atoms with Crippen LogP contribution in [0.3, 0.4) is 0 Å². The molecule has 29 heavy (non-hydrogen) atoms. The minimum absolute atomic E-state index is 0.0207. The van der Waals surface area contributed by atoms with E-state index in [1.807, 2.05) is 41.3 Å². The molecule has 2 aliphatic heterocycles. The highest BCUT2D eigenvalue weighted by atomic mass is 16.5. The summed E-state index contributed by atoms with van der Waals surface area (Å²) in [7, 11) is 0. The van der Waals surface area contributed by atoms with Crippen LogP contribution >= 0.6 is 0 Å². The van der Waals surface area contributed by atoms with E-state index in [1.54, 1.807) is 6.20 Å². The lowest BCUT2D eigenvalue weighted by Gasteiger charge is -2.44.